The number of aromatic nitrogens is 1. The summed E-state index contributed by atoms with van der Waals surface area (Å²) in [5.41, 5.74) is 2.14. The number of hydrogen-bond acceptors (Lipinski definition) is 7. The second-order valence-corrected chi connectivity index (χ2v) is 4.71. The highest BCUT2D eigenvalue weighted by molar-refractivity contribution is 7.16. The van der Waals surface area contributed by atoms with E-state index in [1.165, 1.54) is 23.3 Å². The number of methoxy groups -OCH3 is 1. The van der Waals surface area contributed by atoms with Crippen molar-refractivity contribution in [1.29, 1.82) is 0 Å². The fraction of sp³-hybridized carbons (Fsp3) is 0.273. The molecule has 2 aromatic rings. The van der Waals surface area contributed by atoms with E-state index >= 15 is 0 Å². The van der Waals surface area contributed by atoms with Gasteiger partial charge in [-0.1, -0.05) is 0 Å². The van der Waals surface area contributed by atoms with Gasteiger partial charge in [-0.25, -0.2) is 4.98 Å². The molecule has 100 valence electrons. The molecule has 0 aliphatic carbocycles. The van der Waals surface area contributed by atoms with Gasteiger partial charge in [-0.2, -0.15) is 0 Å². The second-order valence-electron chi connectivity index (χ2n) is 3.82. The van der Waals surface area contributed by atoms with Crippen LogP contribution in [0.5, 0.6) is 0 Å². The molecule has 8 heteroatoms. The van der Waals surface area contributed by atoms with Gasteiger partial charge in [0, 0.05) is 7.05 Å². The van der Waals surface area contributed by atoms with Crippen LogP contribution in [0, 0.1) is 10.1 Å². The number of esters is 1. The summed E-state index contributed by atoms with van der Waals surface area (Å²) in [4.78, 5) is 27.5. The minimum absolute atomic E-state index is 0.0625. The van der Waals surface area contributed by atoms with E-state index in [1.54, 1.807) is 24.7 Å². The van der Waals surface area contributed by atoms with E-state index < -0.39 is 10.9 Å². The molecular formula is C11H11N3O4S. The number of carbonyl (C=O) groups excluding carboxylic acids is 1. The van der Waals surface area contributed by atoms with Crippen molar-refractivity contribution >= 4 is 38.9 Å². The Kier molecular flexibility index (Phi) is 3.61. The summed E-state index contributed by atoms with van der Waals surface area (Å²) >= 11 is 1.33. The summed E-state index contributed by atoms with van der Waals surface area (Å²) in [7, 11) is 2.87. The minimum atomic E-state index is -0.481. The van der Waals surface area contributed by atoms with Gasteiger partial charge in [-0.15, -0.1) is 11.3 Å². The number of likely N-dealkylation sites (N-methyl/N-ethyl adjacent to an activating group) is 1. The molecule has 1 heterocycles. The summed E-state index contributed by atoms with van der Waals surface area (Å²) < 4.78 is 5.29. The number of carbonyl (C=O) groups is 1. The third-order valence-corrected chi connectivity index (χ3v) is 3.44. The molecule has 19 heavy (non-hydrogen) atoms. The summed E-state index contributed by atoms with van der Waals surface area (Å²) in [6.45, 7) is -0.0625. The smallest absolute Gasteiger partial charge is 0.325 e. The van der Waals surface area contributed by atoms with Crippen molar-refractivity contribution < 1.29 is 14.5 Å². The van der Waals surface area contributed by atoms with Gasteiger partial charge in [-0.05, 0) is 12.1 Å². The lowest BCUT2D eigenvalue weighted by molar-refractivity contribution is -0.382. The van der Waals surface area contributed by atoms with Crippen molar-refractivity contribution in [3.05, 3.63) is 27.8 Å². The van der Waals surface area contributed by atoms with E-state index in [9.17, 15) is 14.9 Å². The van der Waals surface area contributed by atoms with E-state index in [2.05, 4.69) is 9.72 Å². The van der Waals surface area contributed by atoms with Crippen molar-refractivity contribution in [3.63, 3.8) is 0 Å². The zero-order valence-corrected chi connectivity index (χ0v) is 11.1. The maximum atomic E-state index is 11.2. The lowest BCUT2D eigenvalue weighted by atomic mass is 10.2. The van der Waals surface area contributed by atoms with Crippen LogP contribution in [-0.2, 0) is 9.53 Å². The highest BCUT2D eigenvalue weighted by atomic mass is 32.1. The number of nitro benzene ring substituents is 1. The van der Waals surface area contributed by atoms with Crippen molar-refractivity contribution in [1.82, 2.24) is 4.98 Å². The molecule has 1 aromatic heterocycles. The largest absolute Gasteiger partial charge is 0.468 e. The molecule has 0 aliphatic heterocycles. The average molecular weight is 281 g/mol. The Morgan fingerprint density at radius 3 is 2.95 bits per heavy atom. The van der Waals surface area contributed by atoms with E-state index in [1.807, 2.05) is 0 Å². The van der Waals surface area contributed by atoms with E-state index in [0.29, 0.717) is 11.2 Å². The molecule has 7 nitrogen and oxygen atoms in total. The third-order valence-electron chi connectivity index (χ3n) is 2.64. The highest BCUT2D eigenvalue weighted by Crippen LogP contribution is 2.35. The lowest BCUT2D eigenvalue weighted by Gasteiger charge is -2.17. The lowest BCUT2D eigenvalue weighted by Crippen LogP contribution is -2.27. The Balaban J connectivity index is 2.50. The zero-order chi connectivity index (χ0) is 14.0. The van der Waals surface area contributed by atoms with Crippen LogP contribution >= 0.6 is 11.3 Å². The van der Waals surface area contributed by atoms with Crippen LogP contribution in [0.4, 0.5) is 11.4 Å². The number of fused-ring (bicyclic) bond motifs is 1. The molecule has 0 amide bonds. The van der Waals surface area contributed by atoms with Gasteiger partial charge in [0.2, 0.25) is 0 Å². The van der Waals surface area contributed by atoms with Crippen LogP contribution in [0.15, 0.2) is 17.6 Å². The van der Waals surface area contributed by atoms with Crippen LogP contribution in [0.3, 0.4) is 0 Å². The van der Waals surface area contributed by atoms with Crippen molar-refractivity contribution in [2.45, 2.75) is 0 Å². The Morgan fingerprint density at radius 1 is 1.58 bits per heavy atom. The monoisotopic (exact) mass is 281 g/mol. The molecule has 0 bridgehead atoms. The molecular weight excluding hydrogens is 270 g/mol. The number of rotatable bonds is 4. The van der Waals surface area contributed by atoms with Crippen LogP contribution < -0.4 is 4.90 Å². The van der Waals surface area contributed by atoms with E-state index in [4.69, 9.17) is 0 Å². The molecule has 0 aliphatic rings. The standard InChI is InChI=1S/C11H11N3O4S/c1-13(5-9(15)18-2)7-3-4-8-10(12-6-19-8)11(7)14(16)17/h3-4,6H,5H2,1-2H3. The Labute approximate surface area is 112 Å². The van der Waals surface area contributed by atoms with Crippen molar-refractivity contribution in [2.75, 3.05) is 25.6 Å². The van der Waals surface area contributed by atoms with Crippen LogP contribution in [0.2, 0.25) is 0 Å². The molecule has 0 atom stereocenters. The van der Waals surface area contributed by atoms with Gasteiger partial charge in [0.25, 0.3) is 0 Å². The Bertz CT molecular complexity index is 640. The molecule has 0 spiro atoms. The molecule has 0 fully saturated rings. The first kappa shape index (κ1) is 13.2. The maximum absolute atomic E-state index is 11.2. The Morgan fingerprint density at radius 2 is 2.32 bits per heavy atom. The molecule has 0 saturated carbocycles. The van der Waals surface area contributed by atoms with Gasteiger partial charge < -0.3 is 9.64 Å². The van der Waals surface area contributed by atoms with Crippen molar-refractivity contribution in [2.24, 2.45) is 0 Å². The predicted molar refractivity (Wildman–Crippen MR) is 71.6 cm³/mol. The molecule has 0 unspecified atom stereocenters. The van der Waals surface area contributed by atoms with Crippen LogP contribution in [0.1, 0.15) is 0 Å². The van der Waals surface area contributed by atoms with Gasteiger partial charge in [0.1, 0.15) is 12.2 Å². The number of thiazole rings is 1. The van der Waals surface area contributed by atoms with Gasteiger partial charge in [-0.3, -0.25) is 14.9 Å². The number of nitrogens with zero attached hydrogens (tertiary/aromatic N) is 3. The fourth-order valence-corrected chi connectivity index (χ4v) is 2.42. The quantitative estimate of drug-likeness (QED) is 0.482. The number of hydrogen-bond donors (Lipinski definition) is 0. The summed E-state index contributed by atoms with van der Waals surface area (Å²) in [5.74, 6) is -0.463. The first-order valence-corrected chi connectivity index (χ1v) is 6.21. The summed E-state index contributed by atoms with van der Waals surface area (Å²) in [5, 5.41) is 11.2. The average Bonchev–Trinajstić information content (AvgIpc) is 2.84. The van der Waals surface area contributed by atoms with Gasteiger partial charge in [0.05, 0.1) is 22.2 Å². The Hall–Kier alpha value is -2.22. The minimum Gasteiger partial charge on any atom is -0.468 e. The molecule has 0 saturated heterocycles. The first-order valence-electron chi connectivity index (χ1n) is 5.33. The van der Waals surface area contributed by atoms with Gasteiger partial charge in [0.15, 0.2) is 5.52 Å². The molecule has 2 rings (SSSR count). The SMILES string of the molecule is COC(=O)CN(C)c1ccc2scnc2c1[N+](=O)[O-]. The summed E-state index contributed by atoms with van der Waals surface area (Å²) in [6, 6.07) is 3.37. The number of anilines is 1. The third kappa shape index (κ3) is 2.48. The highest BCUT2D eigenvalue weighted by Gasteiger charge is 2.24. The second kappa shape index (κ2) is 5.19. The fourth-order valence-electron chi connectivity index (χ4n) is 1.74. The number of benzene rings is 1. The van der Waals surface area contributed by atoms with E-state index in [0.717, 1.165) is 4.70 Å². The normalized spacial score (nSPS) is 10.4. The molecule has 1 aromatic carbocycles. The van der Waals surface area contributed by atoms with Crippen LogP contribution in [-0.4, -0.2) is 36.6 Å². The van der Waals surface area contributed by atoms with Crippen LogP contribution in [0.25, 0.3) is 10.2 Å². The van der Waals surface area contributed by atoms with Crippen molar-refractivity contribution in [3.8, 4) is 0 Å². The molecule has 0 N–H and O–H groups in total. The summed E-state index contributed by atoms with van der Waals surface area (Å²) in [6.07, 6.45) is 0. The van der Waals surface area contributed by atoms with Gasteiger partial charge >= 0.3 is 11.7 Å². The number of ether oxygens (including phenoxy) is 1. The first-order chi connectivity index (χ1) is 9.04. The van der Waals surface area contributed by atoms with E-state index in [-0.39, 0.29) is 12.2 Å². The predicted octanol–water partition coefficient (Wildman–Crippen LogP) is 1.81. The molecule has 0 radical (unpaired) electrons. The number of nitro groups is 1. The topological polar surface area (TPSA) is 85.6 Å². The zero-order valence-electron chi connectivity index (χ0n) is 10.3. The maximum Gasteiger partial charge on any atom is 0.325 e.